The van der Waals surface area contributed by atoms with Gasteiger partial charge in [0.2, 0.25) is 5.91 Å². The zero-order valence-corrected chi connectivity index (χ0v) is 13.5. The first-order chi connectivity index (χ1) is 11.1. The van der Waals surface area contributed by atoms with Gasteiger partial charge in [-0.2, -0.15) is 5.10 Å². The summed E-state index contributed by atoms with van der Waals surface area (Å²) in [6.45, 7) is 1.94. The number of hydrazone groups is 1. The van der Waals surface area contributed by atoms with Crippen molar-refractivity contribution in [2.45, 2.75) is 18.2 Å². The van der Waals surface area contributed by atoms with Crippen molar-refractivity contribution < 1.29 is 10.0 Å². The zero-order chi connectivity index (χ0) is 16.3. The van der Waals surface area contributed by atoms with Crippen molar-refractivity contribution in [3.63, 3.8) is 0 Å². The smallest absolute Gasteiger partial charge is 0.246 e. The summed E-state index contributed by atoms with van der Waals surface area (Å²) in [5.74, 6) is -0.439. The highest BCUT2D eigenvalue weighted by atomic mass is 32.2. The van der Waals surface area contributed by atoms with Gasteiger partial charge in [0.1, 0.15) is 9.91 Å². The van der Waals surface area contributed by atoms with E-state index in [1.54, 1.807) is 5.48 Å². The van der Waals surface area contributed by atoms with Crippen molar-refractivity contribution in [2.24, 2.45) is 5.10 Å². The van der Waals surface area contributed by atoms with E-state index in [0.717, 1.165) is 16.3 Å². The van der Waals surface area contributed by atoms with Gasteiger partial charge in [-0.25, -0.2) is 10.5 Å². The molecule has 1 amide bonds. The quantitative estimate of drug-likeness (QED) is 0.668. The molecule has 2 aromatic carbocycles. The Kier molecular flexibility index (Phi) is 4.36. The number of anilines is 1. The van der Waals surface area contributed by atoms with Gasteiger partial charge in [0.05, 0.1) is 12.1 Å². The fourth-order valence-corrected chi connectivity index (χ4v) is 3.74. The van der Waals surface area contributed by atoms with Crippen LogP contribution in [-0.4, -0.2) is 21.0 Å². The third-order valence-corrected chi connectivity index (χ3v) is 4.86. The molecule has 0 aliphatic carbocycles. The van der Waals surface area contributed by atoms with E-state index in [2.05, 4.69) is 0 Å². The van der Waals surface area contributed by atoms with Gasteiger partial charge in [-0.15, -0.1) is 0 Å². The molecule has 5 nitrogen and oxygen atoms in total. The molecule has 2 aromatic rings. The van der Waals surface area contributed by atoms with E-state index in [0.29, 0.717) is 0 Å². The van der Waals surface area contributed by atoms with Crippen LogP contribution in [0.5, 0.6) is 0 Å². The van der Waals surface area contributed by atoms with Gasteiger partial charge < -0.3 is 0 Å². The van der Waals surface area contributed by atoms with E-state index in [1.807, 2.05) is 72.6 Å². The van der Waals surface area contributed by atoms with Crippen LogP contribution in [0, 0.1) is 0 Å². The van der Waals surface area contributed by atoms with Crippen molar-refractivity contribution in [2.75, 3.05) is 5.01 Å². The second-order valence-electron chi connectivity index (χ2n) is 5.41. The Bertz CT molecular complexity index is 721. The van der Waals surface area contributed by atoms with Gasteiger partial charge in [0.15, 0.2) is 0 Å². The standard InChI is InChI=1S/C17H17N3O2S/c1-17(12-15(21)19-22)20(14-10-6-3-7-11-14)18-16(23-17)13-8-4-2-5-9-13/h2-11,22H,12H2,1H3,(H,19,21). The summed E-state index contributed by atoms with van der Waals surface area (Å²) >= 11 is 1.52. The maximum absolute atomic E-state index is 11.7. The number of benzene rings is 2. The van der Waals surface area contributed by atoms with Crippen LogP contribution in [0.25, 0.3) is 0 Å². The number of hydroxylamine groups is 1. The molecule has 1 aliphatic rings. The molecular formula is C17H17N3O2S. The molecule has 1 heterocycles. The number of hydrogen-bond acceptors (Lipinski definition) is 5. The first-order valence-electron chi connectivity index (χ1n) is 7.24. The van der Waals surface area contributed by atoms with E-state index in [9.17, 15) is 4.79 Å². The lowest BCUT2D eigenvalue weighted by molar-refractivity contribution is -0.129. The summed E-state index contributed by atoms with van der Waals surface area (Å²) in [5, 5.41) is 16.3. The number of hydrogen-bond donors (Lipinski definition) is 2. The molecule has 0 radical (unpaired) electrons. The second-order valence-corrected chi connectivity index (χ2v) is 6.88. The van der Waals surface area contributed by atoms with Gasteiger partial charge >= 0.3 is 0 Å². The molecule has 0 saturated heterocycles. The minimum Gasteiger partial charge on any atom is -0.289 e. The first kappa shape index (κ1) is 15.6. The average Bonchev–Trinajstić information content (AvgIpc) is 2.93. The fourth-order valence-electron chi connectivity index (χ4n) is 2.51. The van der Waals surface area contributed by atoms with Gasteiger partial charge in [-0.05, 0) is 19.1 Å². The lowest BCUT2D eigenvalue weighted by atomic mass is 10.2. The topological polar surface area (TPSA) is 64.9 Å². The van der Waals surface area contributed by atoms with Crippen molar-refractivity contribution in [1.29, 1.82) is 0 Å². The van der Waals surface area contributed by atoms with Crippen molar-refractivity contribution in [1.82, 2.24) is 5.48 Å². The minimum atomic E-state index is -0.612. The van der Waals surface area contributed by atoms with E-state index in [-0.39, 0.29) is 6.42 Å². The van der Waals surface area contributed by atoms with Crippen LogP contribution in [-0.2, 0) is 4.79 Å². The molecule has 3 rings (SSSR count). The molecule has 23 heavy (non-hydrogen) atoms. The molecule has 0 bridgehead atoms. The highest BCUT2D eigenvalue weighted by Crippen LogP contribution is 2.44. The molecule has 1 unspecified atom stereocenters. The van der Waals surface area contributed by atoms with Gasteiger partial charge in [0.25, 0.3) is 0 Å². The van der Waals surface area contributed by atoms with Crippen molar-refractivity contribution in [3.8, 4) is 0 Å². The Morgan fingerprint density at radius 1 is 1.17 bits per heavy atom. The Morgan fingerprint density at radius 2 is 1.78 bits per heavy atom. The second kappa shape index (κ2) is 6.44. The predicted molar refractivity (Wildman–Crippen MR) is 92.4 cm³/mol. The Morgan fingerprint density at radius 3 is 2.39 bits per heavy atom. The first-order valence-corrected chi connectivity index (χ1v) is 8.05. The third kappa shape index (κ3) is 3.23. The predicted octanol–water partition coefficient (Wildman–Crippen LogP) is 3.21. The van der Waals surface area contributed by atoms with Crippen LogP contribution >= 0.6 is 11.8 Å². The highest BCUT2D eigenvalue weighted by Gasteiger charge is 2.42. The molecular weight excluding hydrogens is 310 g/mol. The summed E-state index contributed by atoms with van der Waals surface area (Å²) < 4.78 is 0. The average molecular weight is 327 g/mol. The van der Waals surface area contributed by atoms with Gasteiger partial charge in [-0.1, -0.05) is 60.3 Å². The van der Waals surface area contributed by atoms with Crippen LogP contribution in [0.1, 0.15) is 18.9 Å². The summed E-state index contributed by atoms with van der Waals surface area (Å²) in [7, 11) is 0. The Labute approximate surface area is 139 Å². The van der Waals surface area contributed by atoms with Crippen LogP contribution in [0.3, 0.4) is 0 Å². The van der Waals surface area contributed by atoms with Gasteiger partial charge in [0, 0.05) is 5.56 Å². The number of amides is 1. The summed E-state index contributed by atoms with van der Waals surface area (Å²) in [5.41, 5.74) is 3.62. The molecule has 1 aliphatic heterocycles. The lowest BCUT2D eigenvalue weighted by Gasteiger charge is -2.32. The molecule has 0 saturated carbocycles. The van der Waals surface area contributed by atoms with E-state index < -0.39 is 10.8 Å². The van der Waals surface area contributed by atoms with Crippen molar-refractivity contribution in [3.05, 3.63) is 66.2 Å². The highest BCUT2D eigenvalue weighted by molar-refractivity contribution is 8.16. The number of carbonyl (C=O) groups excluding carboxylic acids is 1. The van der Waals surface area contributed by atoms with E-state index in [4.69, 9.17) is 10.3 Å². The van der Waals surface area contributed by atoms with Gasteiger partial charge in [-0.3, -0.25) is 10.0 Å². The number of nitrogens with zero attached hydrogens (tertiary/aromatic N) is 2. The molecule has 0 fully saturated rings. The number of carbonyl (C=O) groups is 1. The van der Waals surface area contributed by atoms with Crippen LogP contribution in [0.2, 0.25) is 0 Å². The summed E-state index contributed by atoms with van der Waals surface area (Å²) in [6.07, 6.45) is 0.114. The maximum Gasteiger partial charge on any atom is 0.246 e. The SMILES string of the molecule is CC1(CC(=O)NO)SC(c2ccccc2)=NN1c1ccccc1. The number of thioether (sulfide) groups is 1. The minimum absolute atomic E-state index is 0.114. The number of para-hydroxylation sites is 1. The monoisotopic (exact) mass is 327 g/mol. The molecule has 0 aromatic heterocycles. The third-order valence-electron chi connectivity index (χ3n) is 3.59. The zero-order valence-electron chi connectivity index (χ0n) is 12.6. The molecule has 0 spiro atoms. The van der Waals surface area contributed by atoms with E-state index >= 15 is 0 Å². The van der Waals surface area contributed by atoms with Crippen LogP contribution in [0.4, 0.5) is 5.69 Å². The largest absolute Gasteiger partial charge is 0.289 e. The maximum atomic E-state index is 11.7. The molecule has 6 heteroatoms. The summed E-state index contributed by atoms with van der Waals surface area (Å²) in [4.78, 5) is 11.1. The van der Waals surface area contributed by atoms with Crippen LogP contribution in [0.15, 0.2) is 65.8 Å². The molecule has 1 atom stereocenters. The molecule has 2 N–H and O–H groups in total. The normalized spacial score (nSPS) is 20.3. The fraction of sp³-hybridized carbons (Fsp3) is 0.176. The Balaban J connectivity index is 1.98. The lowest BCUT2D eigenvalue weighted by Crippen LogP contribution is -2.41. The summed E-state index contributed by atoms with van der Waals surface area (Å²) in [6, 6.07) is 19.6. The van der Waals surface area contributed by atoms with Crippen molar-refractivity contribution >= 4 is 28.4 Å². The van der Waals surface area contributed by atoms with E-state index in [1.165, 1.54) is 11.8 Å². The van der Waals surface area contributed by atoms with Crippen LogP contribution < -0.4 is 10.5 Å². The molecule has 118 valence electrons. The Hall–Kier alpha value is -2.31. The number of nitrogens with one attached hydrogen (secondary N) is 1. The number of rotatable bonds is 4.